The molecule has 15 heavy (non-hydrogen) atoms. The molecule has 0 aromatic heterocycles. The van der Waals surface area contributed by atoms with Crippen LogP contribution in [-0.2, 0) is 0 Å². The maximum absolute atomic E-state index is 9.06. The third-order valence-corrected chi connectivity index (χ3v) is 3.35. The van der Waals surface area contributed by atoms with Crippen molar-refractivity contribution in [1.82, 2.24) is 5.32 Å². The highest BCUT2D eigenvalue weighted by Gasteiger charge is 2.38. The lowest BCUT2D eigenvalue weighted by Gasteiger charge is -2.45. The van der Waals surface area contributed by atoms with Crippen molar-refractivity contribution in [3.8, 4) is 0 Å². The fourth-order valence-electron chi connectivity index (χ4n) is 3.42. The van der Waals surface area contributed by atoms with Crippen LogP contribution in [0.25, 0.3) is 0 Å². The molecule has 0 bridgehead atoms. The molecule has 1 aliphatic carbocycles. The van der Waals surface area contributed by atoms with Gasteiger partial charge in [0.05, 0.1) is 6.61 Å². The second-order valence-electron chi connectivity index (χ2n) is 6.86. The van der Waals surface area contributed by atoms with Gasteiger partial charge in [0.25, 0.3) is 0 Å². The molecule has 1 fully saturated rings. The summed E-state index contributed by atoms with van der Waals surface area (Å²) in [4.78, 5) is 0. The van der Waals surface area contributed by atoms with E-state index >= 15 is 0 Å². The van der Waals surface area contributed by atoms with E-state index in [1.165, 1.54) is 19.3 Å². The predicted molar refractivity (Wildman–Crippen MR) is 64.9 cm³/mol. The minimum atomic E-state index is 0.222. The summed E-state index contributed by atoms with van der Waals surface area (Å²) in [5.41, 5.74) is 0.850. The van der Waals surface area contributed by atoms with E-state index in [0.717, 1.165) is 0 Å². The van der Waals surface area contributed by atoms with Crippen molar-refractivity contribution in [2.75, 3.05) is 6.61 Å². The molecule has 1 atom stereocenters. The largest absolute Gasteiger partial charge is 0.395 e. The van der Waals surface area contributed by atoms with Crippen LogP contribution < -0.4 is 5.32 Å². The Bertz CT molecular complexity index is 195. The molecule has 0 aromatic carbocycles. The summed E-state index contributed by atoms with van der Waals surface area (Å²) in [6, 6.07) is 0.783. The Labute approximate surface area is 94.5 Å². The third kappa shape index (κ3) is 4.12. The standard InChI is InChI=1S/C13H27NO/c1-10(8-15)14-11-6-12(2,3)9-13(4,5)7-11/h10-11,14-15H,6-9H2,1-5H3/t10-/m1/s1. The highest BCUT2D eigenvalue weighted by Crippen LogP contribution is 2.45. The van der Waals surface area contributed by atoms with Gasteiger partial charge in [0.15, 0.2) is 0 Å². The third-order valence-electron chi connectivity index (χ3n) is 3.35. The van der Waals surface area contributed by atoms with Crippen LogP contribution in [0.15, 0.2) is 0 Å². The molecule has 0 heterocycles. The highest BCUT2D eigenvalue weighted by molar-refractivity contribution is 4.92. The highest BCUT2D eigenvalue weighted by atomic mass is 16.3. The quantitative estimate of drug-likeness (QED) is 0.755. The number of hydrogen-bond acceptors (Lipinski definition) is 2. The van der Waals surface area contributed by atoms with Crippen LogP contribution in [0, 0.1) is 10.8 Å². The van der Waals surface area contributed by atoms with Crippen molar-refractivity contribution >= 4 is 0 Å². The van der Waals surface area contributed by atoms with E-state index < -0.39 is 0 Å². The molecule has 2 nitrogen and oxygen atoms in total. The van der Waals surface area contributed by atoms with Gasteiger partial charge in [-0.25, -0.2) is 0 Å². The van der Waals surface area contributed by atoms with Gasteiger partial charge in [-0.1, -0.05) is 27.7 Å². The number of hydrogen-bond donors (Lipinski definition) is 2. The van der Waals surface area contributed by atoms with Crippen molar-refractivity contribution < 1.29 is 5.11 Å². The Hall–Kier alpha value is -0.0800. The van der Waals surface area contributed by atoms with Crippen molar-refractivity contribution in [2.24, 2.45) is 10.8 Å². The van der Waals surface area contributed by atoms with Gasteiger partial charge in [0, 0.05) is 12.1 Å². The first-order chi connectivity index (χ1) is 6.74. The number of nitrogens with one attached hydrogen (secondary N) is 1. The Morgan fingerprint density at radius 1 is 1.20 bits per heavy atom. The van der Waals surface area contributed by atoms with Crippen LogP contribution in [-0.4, -0.2) is 23.8 Å². The van der Waals surface area contributed by atoms with Gasteiger partial charge in [0.2, 0.25) is 0 Å². The van der Waals surface area contributed by atoms with E-state index in [1.807, 2.05) is 0 Å². The molecule has 1 aliphatic rings. The lowest BCUT2D eigenvalue weighted by Crippen LogP contribution is -2.47. The fourth-order valence-corrected chi connectivity index (χ4v) is 3.42. The van der Waals surface area contributed by atoms with Crippen LogP contribution in [0.4, 0.5) is 0 Å². The molecule has 0 aliphatic heterocycles. The van der Waals surface area contributed by atoms with Gasteiger partial charge in [0.1, 0.15) is 0 Å². The molecule has 0 amide bonds. The van der Waals surface area contributed by atoms with Crippen molar-refractivity contribution in [2.45, 2.75) is 66.0 Å². The van der Waals surface area contributed by atoms with E-state index in [0.29, 0.717) is 16.9 Å². The zero-order chi connectivity index (χ0) is 11.7. The number of aliphatic hydroxyl groups excluding tert-OH is 1. The van der Waals surface area contributed by atoms with Crippen molar-refractivity contribution in [3.63, 3.8) is 0 Å². The molecule has 1 saturated carbocycles. The molecule has 1 rings (SSSR count). The van der Waals surface area contributed by atoms with Crippen molar-refractivity contribution in [1.29, 1.82) is 0 Å². The number of rotatable bonds is 3. The second-order valence-corrected chi connectivity index (χ2v) is 6.86. The van der Waals surface area contributed by atoms with Crippen LogP contribution in [0.3, 0.4) is 0 Å². The molecule has 0 radical (unpaired) electrons. The topological polar surface area (TPSA) is 32.3 Å². The summed E-state index contributed by atoms with van der Waals surface area (Å²) in [6.07, 6.45) is 3.74. The lowest BCUT2D eigenvalue weighted by molar-refractivity contribution is 0.0765. The summed E-state index contributed by atoms with van der Waals surface area (Å²) in [5, 5.41) is 12.6. The van der Waals surface area contributed by atoms with Gasteiger partial charge in [-0.3, -0.25) is 0 Å². The average molecular weight is 213 g/mol. The summed E-state index contributed by atoms with van der Waals surface area (Å²) >= 11 is 0. The minimum absolute atomic E-state index is 0.222. The zero-order valence-electron chi connectivity index (χ0n) is 10.9. The normalized spacial score (nSPS) is 27.6. The molecule has 2 N–H and O–H groups in total. The van der Waals surface area contributed by atoms with E-state index in [9.17, 15) is 0 Å². The van der Waals surface area contributed by atoms with E-state index in [4.69, 9.17) is 5.11 Å². The predicted octanol–water partition coefficient (Wildman–Crippen LogP) is 2.56. The number of aliphatic hydroxyl groups is 1. The van der Waals surface area contributed by atoms with E-state index in [-0.39, 0.29) is 12.6 Å². The van der Waals surface area contributed by atoms with Gasteiger partial charge >= 0.3 is 0 Å². The van der Waals surface area contributed by atoms with E-state index in [2.05, 4.69) is 39.9 Å². The SMILES string of the molecule is C[C@H](CO)NC1CC(C)(C)CC(C)(C)C1. The maximum Gasteiger partial charge on any atom is 0.0582 e. The molecule has 0 saturated heterocycles. The molecule has 2 heteroatoms. The smallest absolute Gasteiger partial charge is 0.0582 e. The average Bonchev–Trinajstić information content (AvgIpc) is 1.97. The van der Waals surface area contributed by atoms with Gasteiger partial charge in [-0.05, 0) is 37.0 Å². The zero-order valence-corrected chi connectivity index (χ0v) is 10.9. The molecule has 0 aromatic rings. The molecule has 0 unspecified atom stereocenters. The Morgan fingerprint density at radius 3 is 2.07 bits per heavy atom. The van der Waals surface area contributed by atoms with Crippen LogP contribution in [0.5, 0.6) is 0 Å². The van der Waals surface area contributed by atoms with E-state index in [1.54, 1.807) is 0 Å². The van der Waals surface area contributed by atoms with Crippen molar-refractivity contribution in [3.05, 3.63) is 0 Å². The first-order valence-corrected chi connectivity index (χ1v) is 6.11. The molecule has 0 spiro atoms. The van der Waals surface area contributed by atoms with Crippen LogP contribution in [0.1, 0.15) is 53.9 Å². The first kappa shape index (κ1) is 13.0. The molecular weight excluding hydrogens is 186 g/mol. The molecular formula is C13H27NO. The monoisotopic (exact) mass is 213 g/mol. The maximum atomic E-state index is 9.06. The summed E-state index contributed by atoms with van der Waals surface area (Å²) in [5.74, 6) is 0. The van der Waals surface area contributed by atoms with Gasteiger partial charge in [-0.15, -0.1) is 0 Å². The summed E-state index contributed by atoms with van der Waals surface area (Å²) in [7, 11) is 0. The Morgan fingerprint density at radius 2 is 1.67 bits per heavy atom. The summed E-state index contributed by atoms with van der Waals surface area (Å²) < 4.78 is 0. The van der Waals surface area contributed by atoms with Crippen LogP contribution >= 0.6 is 0 Å². The van der Waals surface area contributed by atoms with Crippen LogP contribution in [0.2, 0.25) is 0 Å². The lowest BCUT2D eigenvalue weighted by atomic mass is 9.63. The second kappa shape index (κ2) is 4.42. The first-order valence-electron chi connectivity index (χ1n) is 6.11. The summed E-state index contributed by atoms with van der Waals surface area (Å²) in [6.45, 7) is 11.7. The van der Waals surface area contributed by atoms with Gasteiger partial charge in [-0.2, -0.15) is 0 Å². The fraction of sp³-hybridized carbons (Fsp3) is 1.00. The Balaban J connectivity index is 2.59. The van der Waals surface area contributed by atoms with Gasteiger partial charge < -0.3 is 10.4 Å². The minimum Gasteiger partial charge on any atom is -0.395 e. The molecule has 90 valence electrons. The Kier molecular flexibility index (Phi) is 3.83.